The van der Waals surface area contributed by atoms with Crippen molar-refractivity contribution in [2.75, 3.05) is 19.6 Å². The second-order valence-corrected chi connectivity index (χ2v) is 6.75. The topological polar surface area (TPSA) is 28.2 Å². The van der Waals surface area contributed by atoms with Gasteiger partial charge < -0.3 is 5.32 Å². The summed E-state index contributed by atoms with van der Waals surface area (Å²) in [7, 11) is 0. The van der Waals surface area contributed by atoms with Crippen LogP contribution in [0.15, 0.2) is 0 Å². The molecule has 0 amide bonds. The van der Waals surface area contributed by atoms with Gasteiger partial charge in [0.25, 0.3) is 0 Å². The Morgan fingerprint density at radius 1 is 1.48 bits per heavy atom. The number of thiazole rings is 1. The van der Waals surface area contributed by atoms with Crippen LogP contribution in [0, 0.1) is 6.92 Å². The molecule has 0 saturated carbocycles. The lowest BCUT2D eigenvalue weighted by atomic mass is 10.2. The van der Waals surface area contributed by atoms with Crippen LogP contribution in [0.1, 0.15) is 41.9 Å². The van der Waals surface area contributed by atoms with Gasteiger partial charge in [0.2, 0.25) is 0 Å². The zero-order valence-electron chi connectivity index (χ0n) is 12.6. The van der Waals surface area contributed by atoms with Crippen LogP contribution in [0.5, 0.6) is 0 Å². The van der Waals surface area contributed by atoms with Gasteiger partial charge in [-0.05, 0) is 26.7 Å². The lowest BCUT2D eigenvalue weighted by Gasteiger charge is -2.21. The van der Waals surface area contributed by atoms with Crippen molar-refractivity contribution < 1.29 is 13.2 Å². The summed E-state index contributed by atoms with van der Waals surface area (Å²) < 4.78 is 37.2. The smallest absolute Gasteiger partial charge is 0.305 e. The lowest BCUT2D eigenvalue weighted by molar-refractivity contribution is -0.143. The molecule has 120 valence electrons. The van der Waals surface area contributed by atoms with Crippen LogP contribution >= 0.6 is 11.3 Å². The number of halogens is 3. The first-order valence-corrected chi connectivity index (χ1v) is 8.11. The Hall–Kier alpha value is -0.660. The summed E-state index contributed by atoms with van der Waals surface area (Å²) in [4.78, 5) is 7.18. The summed E-state index contributed by atoms with van der Waals surface area (Å²) in [6, 6.07) is 0.257. The highest BCUT2D eigenvalue weighted by Gasteiger charge is 2.34. The third-order valence-corrected chi connectivity index (χ3v) is 5.22. The second-order valence-electron chi connectivity index (χ2n) is 5.64. The first-order chi connectivity index (χ1) is 9.78. The fraction of sp³-hybridized carbons (Fsp3) is 0.786. The molecule has 1 aromatic rings. The quantitative estimate of drug-likeness (QED) is 0.902. The Bertz CT molecular complexity index is 473. The monoisotopic (exact) mass is 321 g/mol. The molecule has 0 bridgehead atoms. The van der Waals surface area contributed by atoms with Crippen molar-refractivity contribution in [2.24, 2.45) is 0 Å². The Kier molecular flexibility index (Phi) is 5.27. The van der Waals surface area contributed by atoms with Gasteiger partial charge in [0.15, 0.2) is 0 Å². The molecule has 1 saturated heterocycles. The minimum Gasteiger partial charge on any atom is -0.305 e. The summed E-state index contributed by atoms with van der Waals surface area (Å²) >= 11 is 1.69. The van der Waals surface area contributed by atoms with Crippen molar-refractivity contribution in [3.63, 3.8) is 0 Å². The summed E-state index contributed by atoms with van der Waals surface area (Å²) in [6.45, 7) is 6.29. The molecule has 7 heteroatoms. The van der Waals surface area contributed by atoms with Crippen molar-refractivity contribution in [3.8, 4) is 0 Å². The van der Waals surface area contributed by atoms with E-state index in [0.717, 1.165) is 23.5 Å². The number of nitrogens with zero attached hydrogens (tertiary/aromatic N) is 2. The molecule has 0 unspecified atom stereocenters. The number of aromatic nitrogens is 1. The van der Waals surface area contributed by atoms with Crippen LogP contribution in [0.3, 0.4) is 0 Å². The SMILES string of the molecule is CCc1nc(C)c([C@H](C)N[C@@H]2CCN(CC(F)(F)F)C2)s1. The predicted octanol–water partition coefficient (Wildman–Crippen LogP) is 3.30. The highest BCUT2D eigenvalue weighted by molar-refractivity contribution is 7.11. The van der Waals surface area contributed by atoms with Gasteiger partial charge in [0.1, 0.15) is 0 Å². The Morgan fingerprint density at radius 2 is 2.19 bits per heavy atom. The molecule has 0 aliphatic carbocycles. The van der Waals surface area contributed by atoms with Gasteiger partial charge in [-0.3, -0.25) is 4.90 Å². The molecule has 1 N–H and O–H groups in total. The standard InChI is InChI=1S/C14H22F3N3S/c1-4-12-19-10(3)13(21-12)9(2)18-11-5-6-20(7-11)8-14(15,16)17/h9,11,18H,4-8H2,1-3H3/t9-,11+/m0/s1. The summed E-state index contributed by atoms with van der Waals surface area (Å²) in [5.41, 5.74) is 1.03. The third-order valence-electron chi connectivity index (χ3n) is 3.73. The summed E-state index contributed by atoms with van der Waals surface area (Å²) in [5, 5.41) is 4.56. The van der Waals surface area contributed by atoms with E-state index in [1.54, 1.807) is 11.3 Å². The summed E-state index contributed by atoms with van der Waals surface area (Å²) in [5.74, 6) is 0. The van der Waals surface area contributed by atoms with E-state index in [-0.39, 0.29) is 12.1 Å². The van der Waals surface area contributed by atoms with E-state index in [2.05, 4.69) is 24.1 Å². The molecule has 1 aromatic heterocycles. The molecule has 3 nitrogen and oxygen atoms in total. The van der Waals surface area contributed by atoms with Crippen LogP contribution in [0.25, 0.3) is 0 Å². The number of nitrogens with one attached hydrogen (secondary N) is 1. The number of rotatable bonds is 5. The predicted molar refractivity (Wildman–Crippen MR) is 78.7 cm³/mol. The highest BCUT2D eigenvalue weighted by atomic mass is 32.1. The van der Waals surface area contributed by atoms with Gasteiger partial charge in [-0.25, -0.2) is 4.98 Å². The molecule has 1 aliphatic heterocycles. The molecule has 21 heavy (non-hydrogen) atoms. The van der Waals surface area contributed by atoms with Gasteiger partial charge in [0, 0.05) is 30.1 Å². The number of hydrogen-bond acceptors (Lipinski definition) is 4. The average molecular weight is 321 g/mol. The Balaban J connectivity index is 1.89. The molecule has 0 radical (unpaired) electrons. The maximum atomic E-state index is 12.4. The van der Waals surface area contributed by atoms with Crippen LogP contribution in [-0.2, 0) is 6.42 Å². The first-order valence-electron chi connectivity index (χ1n) is 7.30. The zero-order chi connectivity index (χ0) is 15.6. The second kappa shape index (κ2) is 6.62. The van der Waals surface area contributed by atoms with E-state index in [0.29, 0.717) is 13.1 Å². The van der Waals surface area contributed by atoms with Gasteiger partial charge in [-0.1, -0.05) is 6.92 Å². The molecule has 1 fully saturated rings. The highest BCUT2D eigenvalue weighted by Crippen LogP contribution is 2.27. The van der Waals surface area contributed by atoms with Crippen LogP contribution in [0.4, 0.5) is 13.2 Å². The summed E-state index contributed by atoms with van der Waals surface area (Å²) in [6.07, 6.45) is -2.43. The van der Waals surface area contributed by atoms with Crippen molar-refractivity contribution in [2.45, 2.75) is 51.9 Å². The maximum absolute atomic E-state index is 12.4. The maximum Gasteiger partial charge on any atom is 0.401 e. The average Bonchev–Trinajstić information content (AvgIpc) is 2.94. The molecule has 1 aliphatic rings. The van der Waals surface area contributed by atoms with Crippen molar-refractivity contribution in [3.05, 3.63) is 15.6 Å². The Morgan fingerprint density at radius 3 is 2.76 bits per heavy atom. The molecule has 2 atom stereocenters. The van der Waals surface area contributed by atoms with Crippen LogP contribution in [0.2, 0.25) is 0 Å². The van der Waals surface area contributed by atoms with Crippen molar-refractivity contribution >= 4 is 11.3 Å². The number of aryl methyl sites for hydroxylation is 2. The first kappa shape index (κ1) is 16.7. The van der Waals surface area contributed by atoms with Crippen LogP contribution in [-0.4, -0.2) is 41.7 Å². The zero-order valence-corrected chi connectivity index (χ0v) is 13.4. The van der Waals surface area contributed by atoms with E-state index in [1.807, 2.05) is 6.92 Å². The number of hydrogen-bond donors (Lipinski definition) is 1. The third kappa shape index (κ3) is 4.66. The van der Waals surface area contributed by atoms with Gasteiger partial charge in [-0.2, -0.15) is 13.2 Å². The molecular formula is C14H22F3N3S. The molecular weight excluding hydrogens is 299 g/mol. The van der Waals surface area contributed by atoms with E-state index in [9.17, 15) is 13.2 Å². The van der Waals surface area contributed by atoms with E-state index in [1.165, 1.54) is 9.78 Å². The molecule has 0 spiro atoms. The van der Waals surface area contributed by atoms with Crippen molar-refractivity contribution in [1.82, 2.24) is 15.2 Å². The van der Waals surface area contributed by atoms with Gasteiger partial charge >= 0.3 is 6.18 Å². The largest absolute Gasteiger partial charge is 0.401 e. The Labute approximate surface area is 127 Å². The molecule has 2 rings (SSSR count). The van der Waals surface area contributed by atoms with E-state index in [4.69, 9.17) is 0 Å². The normalized spacial score (nSPS) is 21.9. The fourth-order valence-corrected chi connectivity index (χ4v) is 3.83. The molecule has 2 heterocycles. The minimum atomic E-state index is -4.11. The van der Waals surface area contributed by atoms with E-state index < -0.39 is 12.7 Å². The fourth-order valence-electron chi connectivity index (χ4n) is 2.81. The van der Waals surface area contributed by atoms with Gasteiger partial charge in [-0.15, -0.1) is 11.3 Å². The van der Waals surface area contributed by atoms with Crippen molar-refractivity contribution in [1.29, 1.82) is 0 Å². The van der Waals surface area contributed by atoms with Crippen LogP contribution < -0.4 is 5.32 Å². The van der Waals surface area contributed by atoms with E-state index >= 15 is 0 Å². The minimum absolute atomic E-state index is 0.119. The molecule has 0 aromatic carbocycles. The van der Waals surface area contributed by atoms with Gasteiger partial charge in [0.05, 0.1) is 17.2 Å². The number of likely N-dealkylation sites (tertiary alicyclic amines) is 1. The lowest BCUT2D eigenvalue weighted by Crippen LogP contribution is -2.37. The number of alkyl halides is 3.